The topological polar surface area (TPSA) is 115 Å². The Balaban J connectivity index is 1.50. The average Bonchev–Trinajstić information content (AvgIpc) is 3.34. The molecule has 0 unspecified atom stereocenters. The summed E-state index contributed by atoms with van der Waals surface area (Å²) < 4.78 is 10.3. The summed E-state index contributed by atoms with van der Waals surface area (Å²) in [6.45, 7) is 0. The van der Waals surface area contributed by atoms with Crippen LogP contribution in [0.3, 0.4) is 0 Å². The Morgan fingerprint density at radius 2 is 2.20 bits per heavy atom. The van der Waals surface area contributed by atoms with E-state index in [4.69, 9.17) is 14.4 Å². The first-order valence-corrected chi connectivity index (χ1v) is 8.10. The van der Waals surface area contributed by atoms with Crippen molar-refractivity contribution in [2.75, 3.05) is 12.4 Å². The lowest BCUT2D eigenvalue weighted by Crippen LogP contribution is -2.12. The van der Waals surface area contributed by atoms with Crippen LogP contribution in [0.5, 0.6) is 5.75 Å². The SMILES string of the molecule is COc1cc(C(=O)O)ccc1NC(=O)CCCc1nc(C2CC2)no1. The van der Waals surface area contributed by atoms with Gasteiger partial charge in [-0.2, -0.15) is 4.98 Å². The van der Waals surface area contributed by atoms with Crippen LogP contribution in [-0.2, 0) is 11.2 Å². The summed E-state index contributed by atoms with van der Waals surface area (Å²) in [4.78, 5) is 27.3. The highest BCUT2D eigenvalue weighted by Gasteiger charge is 2.28. The van der Waals surface area contributed by atoms with Crippen LogP contribution in [0.15, 0.2) is 22.7 Å². The highest BCUT2D eigenvalue weighted by molar-refractivity contribution is 5.94. The fourth-order valence-corrected chi connectivity index (χ4v) is 2.42. The van der Waals surface area contributed by atoms with Gasteiger partial charge in [0.1, 0.15) is 5.75 Å². The van der Waals surface area contributed by atoms with E-state index in [2.05, 4.69) is 15.5 Å². The van der Waals surface area contributed by atoms with Gasteiger partial charge in [-0.05, 0) is 37.5 Å². The number of carboxylic acids is 1. The number of carbonyl (C=O) groups excluding carboxylic acids is 1. The lowest BCUT2D eigenvalue weighted by Gasteiger charge is -2.10. The van der Waals surface area contributed by atoms with Gasteiger partial charge >= 0.3 is 5.97 Å². The van der Waals surface area contributed by atoms with Crippen molar-refractivity contribution in [1.29, 1.82) is 0 Å². The summed E-state index contributed by atoms with van der Waals surface area (Å²) in [6.07, 6.45) is 3.63. The maximum Gasteiger partial charge on any atom is 0.335 e. The second-order valence-corrected chi connectivity index (χ2v) is 5.94. The summed E-state index contributed by atoms with van der Waals surface area (Å²) in [5.74, 6) is 0.826. The predicted octanol–water partition coefficient (Wildman–Crippen LogP) is 2.62. The molecule has 0 radical (unpaired) electrons. The van der Waals surface area contributed by atoms with E-state index in [9.17, 15) is 9.59 Å². The molecule has 1 aliphatic rings. The van der Waals surface area contributed by atoms with E-state index in [0.29, 0.717) is 36.1 Å². The van der Waals surface area contributed by atoms with E-state index in [1.165, 1.54) is 25.3 Å². The Hall–Kier alpha value is -2.90. The third-order valence-electron chi connectivity index (χ3n) is 3.94. The van der Waals surface area contributed by atoms with Gasteiger partial charge < -0.3 is 19.7 Å². The molecule has 1 aromatic carbocycles. The molecule has 2 N–H and O–H groups in total. The minimum atomic E-state index is -1.05. The monoisotopic (exact) mass is 345 g/mol. The molecule has 8 nitrogen and oxygen atoms in total. The van der Waals surface area contributed by atoms with Crippen LogP contribution in [0.1, 0.15) is 53.7 Å². The molecule has 1 heterocycles. The van der Waals surface area contributed by atoms with Crippen molar-refractivity contribution >= 4 is 17.6 Å². The van der Waals surface area contributed by atoms with Gasteiger partial charge in [0.15, 0.2) is 5.82 Å². The first-order valence-electron chi connectivity index (χ1n) is 8.10. The number of hydrogen-bond acceptors (Lipinski definition) is 6. The van der Waals surface area contributed by atoms with Crippen molar-refractivity contribution in [3.63, 3.8) is 0 Å². The standard InChI is InChI=1S/C17H19N3O5/c1-24-13-9-11(17(22)23)7-8-12(13)18-14(21)3-2-4-15-19-16(20-25-15)10-5-6-10/h7-10H,2-6H2,1H3,(H,18,21)(H,22,23). The Morgan fingerprint density at radius 3 is 2.88 bits per heavy atom. The predicted molar refractivity (Wildman–Crippen MR) is 87.8 cm³/mol. The first kappa shape index (κ1) is 16.9. The van der Waals surface area contributed by atoms with Crippen LogP contribution in [0.25, 0.3) is 0 Å². The number of rotatable bonds is 8. The molecule has 1 aromatic heterocycles. The minimum Gasteiger partial charge on any atom is -0.495 e. The number of anilines is 1. The molecule has 8 heteroatoms. The quantitative estimate of drug-likeness (QED) is 0.755. The molecule has 2 aromatic rings. The smallest absolute Gasteiger partial charge is 0.335 e. The van der Waals surface area contributed by atoms with Gasteiger partial charge in [0.2, 0.25) is 11.8 Å². The van der Waals surface area contributed by atoms with Crippen molar-refractivity contribution in [3.05, 3.63) is 35.5 Å². The number of methoxy groups -OCH3 is 1. The Morgan fingerprint density at radius 1 is 1.40 bits per heavy atom. The number of carbonyl (C=O) groups is 2. The van der Waals surface area contributed by atoms with Crippen molar-refractivity contribution in [2.45, 2.75) is 38.0 Å². The second kappa shape index (κ2) is 7.33. The van der Waals surface area contributed by atoms with E-state index in [0.717, 1.165) is 18.7 Å². The van der Waals surface area contributed by atoms with E-state index < -0.39 is 5.97 Å². The summed E-state index contributed by atoms with van der Waals surface area (Å²) in [6, 6.07) is 4.30. The Labute approximate surface area is 144 Å². The number of aromatic nitrogens is 2. The minimum absolute atomic E-state index is 0.0951. The largest absolute Gasteiger partial charge is 0.495 e. The molecule has 0 bridgehead atoms. The zero-order valence-corrected chi connectivity index (χ0v) is 13.8. The molecule has 0 saturated heterocycles. The molecular formula is C17H19N3O5. The highest BCUT2D eigenvalue weighted by atomic mass is 16.5. The van der Waals surface area contributed by atoms with Crippen LogP contribution in [-0.4, -0.2) is 34.2 Å². The van der Waals surface area contributed by atoms with Gasteiger partial charge in [-0.1, -0.05) is 5.16 Å². The summed E-state index contributed by atoms with van der Waals surface area (Å²) in [7, 11) is 1.42. The molecule has 0 spiro atoms. The number of carboxylic acid groups (broad SMARTS) is 1. The van der Waals surface area contributed by atoms with Gasteiger partial charge in [-0.3, -0.25) is 4.79 Å². The van der Waals surface area contributed by atoms with E-state index in [1.807, 2.05) is 0 Å². The number of nitrogens with zero attached hydrogens (tertiary/aromatic N) is 2. The number of aryl methyl sites for hydroxylation is 1. The zero-order chi connectivity index (χ0) is 17.8. The van der Waals surface area contributed by atoms with Gasteiger partial charge in [0, 0.05) is 18.8 Å². The van der Waals surface area contributed by atoms with E-state index in [1.54, 1.807) is 0 Å². The highest BCUT2D eigenvalue weighted by Crippen LogP contribution is 2.38. The second-order valence-electron chi connectivity index (χ2n) is 5.94. The molecule has 1 fully saturated rings. The van der Waals surface area contributed by atoms with Gasteiger partial charge in [0.05, 0.1) is 18.4 Å². The van der Waals surface area contributed by atoms with Crippen molar-refractivity contribution in [1.82, 2.24) is 10.1 Å². The molecule has 0 aliphatic heterocycles. The molecule has 132 valence electrons. The van der Waals surface area contributed by atoms with Crippen LogP contribution >= 0.6 is 0 Å². The molecule has 3 rings (SSSR count). The number of nitrogens with one attached hydrogen (secondary N) is 1. The number of ether oxygens (including phenoxy) is 1. The Bertz CT molecular complexity index is 782. The van der Waals surface area contributed by atoms with Crippen molar-refractivity contribution in [3.8, 4) is 5.75 Å². The summed E-state index contributed by atoms with van der Waals surface area (Å²) >= 11 is 0. The number of amides is 1. The number of aromatic carboxylic acids is 1. The first-order chi connectivity index (χ1) is 12.1. The molecule has 0 atom stereocenters. The maximum absolute atomic E-state index is 12.1. The third kappa shape index (κ3) is 4.34. The fraction of sp³-hybridized carbons (Fsp3) is 0.412. The van der Waals surface area contributed by atoms with E-state index >= 15 is 0 Å². The molecule has 1 saturated carbocycles. The number of hydrogen-bond donors (Lipinski definition) is 2. The summed E-state index contributed by atoms with van der Waals surface area (Å²) in [5, 5.41) is 15.6. The van der Waals surface area contributed by atoms with Crippen LogP contribution in [0.2, 0.25) is 0 Å². The van der Waals surface area contributed by atoms with Gasteiger partial charge in [0.25, 0.3) is 0 Å². The van der Waals surface area contributed by atoms with Crippen molar-refractivity contribution < 1.29 is 24.0 Å². The fourth-order valence-electron chi connectivity index (χ4n) is 2.42. The maximum atomic E-state index is 12.1. The molecular weight excluding hydrogens is 326 g/mol. The van der Waals surface area contributed by atoms with Crippen molar-refractivity contribution in [2.24, 2.45) is 0 Å². The van der Waals surface area contributed by atoms with Gasteiger partial charge in [-0.25, -0.2) is 4.79 Å². The lowest BCUT2D eigenvalue weighted by atomic mass is 10.1. The number of benzene rings is 1. The molecule has 1 amide bonds. The third-order valence-corrected chi connectivity index (χ3v) is 3.94. The normalized spacial score (nSPS) is 13.5. The lowest BCUT2D eigenvalue weighted by molar-refractivity contribution is -0.116. The van der Waals surface area contributed by atoms with E-state index in [-0.39, 0.29) is 17.9 Å². The Kier molecular flexibility index (Phi) is 4.97. The summed E-state index contributed by atoms with van der Waals surface area (Å²) in [5.41, 5.74) is 0.531. The van der Waals surface area contributed by atoms with Crippen LogP contribution in [0.4, 0.5) is 5.69 Å². The average molecular weight is 345 g/mol. The van der Waals surface area contributed by atoms with Crippen LogP contribution < -0.4 is 10.1 Å². The molecule has 1 aliphatic carbocycles. The van der Waals surface area contributed by atoms with Gasteiger partial charge in [-0.15, -0.1) is 0 Å². The zero-order valence-electron chi connectivity index (χ0n) is 13.8. The van der Waals surface area contributed by atoms with Crippen LogP contribution in [0, 0.1) is 0 Å². The molecule has 25 heavy (non-hydrogen) atoms.